The van der Waals surface area contributed by atoms with Crippen molar-refractivity contribution in [3.05, 3.63) is 59.1 Å². The molecule has 0 amide bonds. The Hall–Kier alpha value is -1.65. The molecule has 1 N–H and O–H groups in total. The SMILES string of the molecule is C=CCOc1ccc(CNC(CC)c2nccs2)cc1. The lowest BCUT2D eigenvalue weighted by molar-refractivity contribution is 0.363. The van der Waals surface area contributed by atoms with Gasteiger partial charge in [-0.05, 0) is 24.1 Å². The van der Waals surface area contributed by atoms with Crippen molar-refractivity contribution in [1.82, 2.24) is 10.3 Å². The highest BCUT2D eigenvalue weighted by molar-refractivity contribution is 7.09. The first-order chi connectivity index (χ1) is 9.83. The van der Waals surface area contributed by atoms with Gasteiger partial charge in [0.25, 0.3) is 0 Å². The molecule has 1 heterocycles. The minimum atomic E-state index is 0.326. The minimum absolute atomic E-state index is 0.326. The molecule has 0 bridgehead atoms. The van der Waals surface area contributed by atoms with Crippen LogP contribution in [0, 0.1) is 0 Å². The normalized spacial score (nSPS) is 12.1. The number of rotatable bonds is 8. The number of hydrogen-bond acceptors (Lipinski definition) is 4. The molecular weight excluding hydrogens is 268 g/mol. The third-order valence-corrected chi connectivity index (χ3v) is 3.89. The van der Waals surface area contributed by atoms with E-state index in [9.17, 15) is 0 Å². The van der Waals surface area contributed by atoms with Gasteiger partial charge in [-0.25, -0.2) is 4.98 Å². The Morgan fingerprint density at radius 3 is 2.80 bits per heavy atom. The molecule has 0 aliphatic heterocycles. The Labute approximate surface area is 124 Å². The fourth-order valence-corrected chi connectivity index (χ4v) is 2.71. The molecule has 0 saturated carbocycles. The maximum absolute atomic E-state index is 5.47. The van der Waals surface area contributed by atoms with E-state index in [0.29, 0.717) is 12.6 Å². The molecule has 0 aliphatic carbocycles. The molecule has 0 fully saturated rings. The van der Waals surface area contributed by atoms with Crippen LogP contribution in [0.15, 0.2) is 48.5 Å². The molecule has 20 heavy (non-hydrogen) atoms. The molecule has 0 aliphatic rings. The van der Waals surface area contributed by atoms with Crippen LogP contribution in [0.3, 0.4) is 0 Å². The number of benzene rings is 1. The molecule has 1 aromatic heterocycles. The van der Waals surface area contributed by atoms with Gasteiger partial charge in [-0.15, -0.1) is 11.3 Å². The second kappa shape index (κ2) is 7.82. The fraction of sp³-hybridized carbons (Fsp3) is 0.312. The zero-order chi connectivity index (χ0) is 14.2. The Balaban J connectivity index is 1.88. The molecule has 2 aromatic rings. The molecule has 1 unspecified atom stereocenters. The van der Waals surface area contributed by atoms with E-state index in [1.807, 2.05) is 23.7 Å². The van der Waals surface area contributed by atoms with Crippen molar-refractivity contribution in [1.29, 1.82) is 0 Å². The predicted molar refractivity (Wildman–Crippen MR) is 84.1 cm³/mol. The van der Waals surface area contributed by atoms with Gasteiger partial charge in [-0.1, -0.05) is 31.7 Å². The summed E-state index contributed by atoms with van der Waals surface area (Å²) in [5.74, 6) is 0.876. The summed E-state index contributed by atoms with van der Waals surface area (Å²) in [5, 5.41) is 6.71. The largest absolute Gasteiger partial charge is 0.490 e. The van der Waals surface area contributed by atoms with Gasteiger partial charge in [-0.3, -0.25) is 0 Å². The van der Waals surface area contributed by atoms with Crippen molar-refractivity contribution in [3.8, 4) is 5.75 Å². The monoisotopic (exact) mass is 288 g/mol. The molecule has 1 atom stereocenters. The van der Waals surface area contributed by atoms with Crippen molar-refractivity contribution in [2.24, 2.45) is 0 Å². The second-order valence-electron chi connectivity index (χ2n) is 4.46. The van der Waals surface area contributed by atoms with Gasteiger partial charge < -0.3 is 10.1 Å². The first-order valence-electron chi connectivity index (χ1n) is 6.79. The Bertz CT molecular complexity index is 508. The van der Waals surface area contributed by atoms with Crippen LogP contribution in [0.25, 0.3) is 0 Å². The van der Waals surface area contributed by atoms with Crippen LogP contribution in [-0.2, 0) is 6.54 Å². The van der Waals surface area contributed by atoms with Crippen molar-refractivity contribution in [2.75, 3.05) is 6.61 Å². The van der Waals surface area contributed by atoms with Crippen molar-refractivity contribution >= 4 is 11.3 Å². The van der Waals surface area contributed by atoms with E-state index in [-0.39, 0.29) is 0 Å². The average molecular weight is 288 g/mol. The highest BCUT2D eigenvalue weighted by Crippen LogP contribution is 2.19. The van der Waals surface area contributed by atoms with Crippen molar-refractivity contribution in [2.45, 2.75) is 25.9 Å². The van der Waals surface area contributed by atoms with Gasteiger partial charge in [0.1, 0.15) is 17.4 Å². The first-order valence-corrected chi connectivity index (χ1v) is 7.67. The molecule has 2 rings (SSSR count). The third-order valence-electron chi connectivity index (χ3n) is 3.00. The molecular formula is C16H20N2OS. The van der Waals surface area contributed by atoms with Gasteiger partial charge in [0.15, 0.2) is 0 Å². The summed E-state index contributed by atoms with van der Waals surface area (Å²) in [5.41, 5.74) is 1.24. The van der Waals surface area contributed by atoms with Crippen LogP contribution < -0.4 is 10.1 Å². The van der Waals surface area contributed by atoms with Gasteiger partial charge in [0, 0.05) is 18.1 Å². The van der Waals surface area contributed by atoms with E-state index in [0.717, 1.165) is 23.7 Å². The maximum atomic E-state index is 5.47. The quantitative estimate of drug-likeness (QED) is 0.747. The van der Waals surface area contributed by atoms with E-state index >= 15 is 0 Å². The van der Waals surface area contributed by atoms with E-state index in [4.69, 9.17) is 4.74 Å². The van der Waals surface area contributed by atoms with E-state index in [1.54, 1.807) is 17.4 Å². The molecule has 0 saturated heterocycles. The van der Waals surface area contributed by atoms with Crippen LogP contribution in [-0.4, -0.2) is 11.6 Å². The lowest BCUT2D eigenvalue weighted by Crippen LogP contribution is -2.20. The van der Waals surface area contributed by atoms with Crippen LogP contribution in [0.2, 0.25) is 0 Å². The Kier molecular flexibility index (Phi) is 5.77. The minimum Gasteiger partial charge on any atom is -0.490 e. The van der Waals surface area contributed by atoms with Gasteiger partial charge in [-0.2, -0.15) is 0 Å². The number of nitrogens with zero attached hydrogens (tertiary/aromatic N) is 1. The summed E-state index contributed by atoms with van der Waals surface area (Å²) < 4.78 is 5.47. The molecule has 3 nitrogen and oxygen atoms in total. The smallest absolute Gasteiger partial charge is 0.119 e. The second-order valence-corrected chi connectivity index (χ2v) is 5.38. The van der Waals surface area contributed by atoms with Crippen molar-refractivity contribution in [3.63, 3.8) is 0 Å². The van der Waals surface area contributed by atoms with E-state index < -0.39 is 0 Å². The molecule has 0 radical (unpaired) electrons. The molecule has 106 valence electrons. The summed E-state index contributed by atoms with van der Waals surface area (Å²) in [6.45, 7) is 7.18. The first kappa shape index (κ1) is 14.8. The topological polar surface area (TPSA) is 34.1 Å². The highest BCUT2D eigenvalue weighted by atomic mass is 32.1. The molecule has 0 spiro atoms. The number of nitrogens with one attached hydrogen (secondary N) is 1. The average Bonchev–Trinajstić information content (AvgIpc) is 3.01. The molecule has 4 heteroatoms. The van der Waals surface area contributed by atoms with Crippen molar-refractivity contribution < 1.29 is 4.74 Å². The zero-order valence-corrected chi connectivity index (χ0v) is 12.5. The summed E-state index contributed by atoms with van der Waals surface area (Å²) in [6, 6.07) is 8.47. The summed E-state index contributed by atoms with van der Waals surface area (Å²) in [4.78, 5) is 4.37. The zero-order valence-electron chi connectivity index (χ0n) is 11.7. The van der Waals surface area contributed by atoms with Gasteiger partial charge >= 0.3 is 0 Å². The maximum Gasteiger partial charge on any atom is 0.119 e. The summed E-state index contributed by atoms with van der Waals surface area (Å²) in [6.07, 6.45) is 4.64. The summed E-state index contributed by atoms with van der Waals surface area (Å²) in [7, 11) is 0. The van der Waals surface area contributed by atoms with Gasteiger partial charge in [0.05, 0.1) is 6.04 Å². The number of hydrogen-bond donors (Lipinski definition) is 1. The number of aromatic nitrogens is 1. The predicted octanol–water partition coefficient (Wildman–Crippen LogP) is 3.95. The van der Waals surface area contributed by atoms with Crippen LogP contribution in [0.4, 0.5) is 0 Å². The van der Waals surface area contributed by atoms with E-state index in [2.05, 4.69) is 35.9 Å². The highest BCUT2D eigenvalue weighted by Gasteiger charge is 2.10. The molecule has 1 aromatic carbocycles. The van der Waals surface area contributed by atoms with E-state index in [1.165, 1.54) is 5.56 Å². The fourth-order valence-electron chi connectivity index (χ4n) is 1.91. The number of thiazole rings is 1. The van der Waals surface area contributed by atoms with Crippen LogP contribution >= 0.6 is 11.3 Å². The Morgan fingerprint density at radius 1 is 1.40 bits per heavy atom. The standard InChI is InChI=1S/C16H20N2OS/c1-3-10-19-14-7-5-13(6-8-14)12-18-15(4-2)16-17-9-11-20-16/h3,5-9,11,15,18H,1,4,10,12H2,2H3. The number of ether oxygens (including phenoxy) is 1. The van der Waals surface area contributed by atoms with Crippen LogP contribution in [0.1, 0.15) is 30.0 Å². The van der Waals surface area contributed by atoms with Gasteiger partial charge in [0.2, 0.25) is 0 Å². The van der Waals surface area contributed by atoms with Crippen LogP contribution in [0.5, 0.6) is 5.75 Å². The lowest BCUT2D eigenvalue weighted by atomic mass is 10.2. The Morgan fingerprint density at radius 2 is 2.20 bits per heavy atom. The summed E-state index contributed by atoms with van der Waals surface area (Å²) >= 11 is 1.70. The third kappa shape index (κ3) is 4.18. The lowest BCUT2D eigenvalue weighted by Gasteiger charge is -2.14.